The molecule has 18 heavy (non-hydrogen) atoms. The minimum Gasteiger partial charge on any atom is -0.491 e. The molecule has 1 atom stereocenters. The first-order valence-corrected chi connectivity index (χ1v) is 5.73. The van der Waals surface area contributed by atoms with Gasteiger partial charge < -0.3 is 21.1 Å². The van der Waals surface area contributed by atoms with Gasteiger partial charge >= 0.3 is 6.03 Å². The van der Waals surface area contributed by atoms with Gasteiger partial charge in [-0.25, -0.2) is 9.18 Å². The number of carbonyl (C=O) groups is 1. The molecule has 2 amide bonds. The predicted octanol–water partition coefficient (Wildman–Crippen LogP) is 1.50. The number of rotatable bonds is 6. The van der Waals surface area contributed by atoms with Crippen molar-refractivity contribution in [3.63, 3.8) is 0 Å². The Kier molecular flexibility index (Phi) is 5.93. The molecule has 1 unspecified atom stereocenters. The number of carbonyl (C=O) groups excluding carboxylic acids is 1. The molecule has 1 rings (SSSR count). The van der Waals surface area contributed by atoms with Crippen LogP contribution < -0.4 is 21.1 Å². The van der Waals surface area contributed by atoms with E-state index >= 15 is 0 Å². The van der Waals surface area contributed by atoms with Gasteiger partial charge in [0, 0.05) is 18.8 Å². The maximum Gasteiger partial charge on any atom is 0.319 e. The van der Waals surface area contributed by atoms with Crippen molar-refractivity contribution in [2.24, 2.45) is 5.73 Å². The first kappa shape index (κ1) is 14.2. The molecule has 0 saturated carbocycles. The molecule has 1 aromatic rings. The van der Waals surface area contributed by atoms with Gasteiger partial charge in [0.15, 0.2) is 0 Å². The van der Waals surface area contributed by atoms with Crippen LogP contribution in [0.5, 0.6) is 5.75 Å². The Hall–Kier alpha value is -1.82. The SMILES string of the molecule is CC(F)COc1ccc(NC(=O)NCCN)cc1. The van der Waals surface area contributed by atoms with Crippen molar-refractivity contribution in [3.8, 4) is 5.75 Å². The fourth-order valence-corrected chi connectivity index (χ4v) is 1.21. The third-order valence-corrected chi connectivity index (χ3v) is 2.02. The highest BCUT2D eigenvalue weighted by molar-refractivity contribution is 5.89. The normalized spacial score (nSPS) is 11.7. The topological polar surface area (TPSA) is 76.4 Å². The average molecular weight is 255 g/mol. The van der Waals surface area contributed by atoms with E-state index in [9.17, 15) is 9.18 Å². The molecule has 6 heteroatoms. The summed E-state index contributed by atoms with van der Waals surface area (Å²) in [6.07, 6.45) is -1.01. The van der Waals surface area contributed by atoms with E-state index < -0.39 is 6.17 Å². The van der Waals surface area contributed by atoms with Crippen LogP contribution in [-0.4, -0.2) is 31.9 Å². The van der Waals surface area contributed by atoms with E-state index in [4.69, 9.17) is 10.5 Å². The molecule has 0 fully saturated rings. The maximum absolute atomic E-state index is 12.6. The Morgan fingerprint density at radius 3 is 2.67 bits per heavy atom. The second-order valence-electron chi connectivity index (χ2n) is 3.79. The second-order valence-corrected chi connectivity index (χ2v) is 3.79. The molecule has 0 radical (unpaired) electrons. The largest absolute Gasteiger partial charge is 0.491 e. The summed E-state index contributed by atoms with van der Waals surface area (Å²) in [7, 11) is 0. The summed E-state index contributed by atoms with van der Waals surface area (Å²) in [6, 6.07) is 6.38. The van der Waals surface area contributed by atoms with Crippen LogP contribution in [0.2, 0.25) is 0 Å². The molecule has 1 aromatic carbocycles. The first-order chi connectivity index (χ1) is 8.61. The second kappa shape index (κ2) is 7.50. The number of benzene rings is 1. The fraction of sp³-hybridized carbons (Fsp3) is 0.417. The molecule has 0 spiro atoms. The van der Waals surface area contributed by atoms with Crippen LogP contribution in [0.3, 0.4) is 0 Å². The lowest BCUT2D eigenvalue weighted by molar-refractivity contribution is 0.210. The molecular formula is C12H18FN3O2. The third kappa shape index (κ3) is 5.49. The van der Waals surface area contributed by atoms with E-state index in [-0.39, 0.29) is 12.6 Å². The number of anilines is 1. The predicted molar refractivity (Wildman–Crippen MR) is 68.6 cm³/mol. The van der Waals surface area contributed by atoms with E-state index in [1.54, 1.807) is 24.3 Å². The van der Waals surface area contributed by atoms with E-state index in [0.717, 1.165) is 0 Å². The van der Waals surface area contributed by atoms with Crippen LogP contribution in [-0.2, 0) is 0 Å². The van der Waals surface area contributed by atoms with Crippen LogP contribution in [0.25, 0.3) is 0 Å². The summed E-state index contributed by atoms with van der Waals surface area (Å²) in [5, 5.41) is 5.21. The summed E-state index contributed by atoms with van der Waals surface area (Å²) in [5.41, 5.74) is 5.89. The van der Waals surface area contributed by atoms with E-state index in [2.05, 4.69) is 10.6 Å². The highest BCUT2D eigenvalue weighted by Gasteiger charge is 2.02. The number of hydrogen-bond donors (Lipinski definition) is 3. The van der Waals surface area contributed by atoms with Crippen LogP contribution in [0.4, 0.5) is 14.9 Å². The molecule has 0 aliphatic rings. The summed E-state index contributed by atoms with van der Waals surface area (Å²) in [4.78, 5) is 11.3. The maximum atomic E-state index is 12.6. The lowest BCUT2D eigenvalue weighted by atomic mass is 10.3. The molecule has 5 nitrogen and oxygen atoms in total. The van der Waals surface area contributed by atoms with Crippen molar-refractivity contribution in [1.29, 1.82) is 0 Å². The number of halogens is 1. The summed E-state index contributed by atoms with van der Waals surface area (Å²) in [5.74, 6) is 0.562. The molecule has 0 aliphatic carbocycles. The summed E-state index contributed by atoms with van der Waals surface area (Å²) >= 11 is 0. The molecule has 4 N–H and O–H groups in total. The number of alkyl halides is 1. The lowest BCUT2D eigenvalue weighted by Gasteiger charge is -2.09. The van der Waals surface area contributed by atoms with Gasteiger partial charge in [0.05, 0.1) is 0 Å². The third-order valence-electron chi connectivity index (χ3n) is 2.02. The van der Waals surface area contributed by atoms with E-state index in [1.807, 2.05) is 0 Å². The Balaban J connectivity index is 2.42. The molecule has 0 aromatic heterocycles. The van der Waals surface area contributed by atoms with Gasteiger partial charge in [0.2, 0.25) is 0 Å². The van der Waals surface area contributed by atoms with Gasteiger partial charge in [-0.2, -0.15) is 0 Å². The summed E-state index contributed by atoms with van der Waals surface area (Å²) < 4.78 is 17.7. The Morgan fingerprint density at radius 1 is 1.44 bits per heavy atom. The Labute approximate surface area is 106 Å². The number of ether oxygens (including phenoxy) is 1. The van der Waals surface area contributed by atoms with Gasteiger partial charge in [-0.05, 0) is 31.2 Å². The molecule has 0 saturated heterocycles. The standard InChI is InChI=1S/C12H18FN3O2/c1-9(13)8-18-11-4-2-10(3-5-11)16-12(17)15-7-6-14/h2-5,9H,6-8,14H2,1H3,(H2,15,16,17). The Bertz CT molecular complexity index is 368. The molecular weight excluding hydrogens is 237 g/mol. The molecule has 100 valence electrons. The smallest absolute Gasteiger partial charge is 0.319 e. The fourth-order valence-electron chi connectivity index (χ4n) is 1.21. The van der Waals surface area contributed by atoms with Gasteiger partial charge in [-0.15, -0.1) is 0 Å². The van der Waals surface area contributed by atoms with Gasteiger partial charge in [-0.3, -0.25) is 0 Å². The van der Waals surface area contributed by atoms with Crippen molar-refractivity contribution >= 4 is 11.7 Å². The number of nitrogens with one attached hydrogen (secondary N) is 2. The van der Waals surface area contributed by atoms with Crippen LogP contribution in [0.15, 0.2) is 24.3 Å². The van der Waals surface area contributed by atoms with Crippen molar-refractivity contribution in [1.82, 2.24) is 5.32 Å². The van der Waals surface area contributed by atoms with Gasteiger partial charge in [-0.1, -0.05) is 0 Å². The molecule has 0 bridgehead atoms. The quantitative estimate of drug-likeness (QED) is 0.721. The summed E-state index contributed by atoms with van der Waals surface area (Å²) in [6.45, 7) is 2.25. The van der Waals surface area contributed by atoms with Crippen molar-refractivity contribution < 1.29 is 13.9 Å². The van der Waals surface area contributed by atoms with E-state index in [1.165, 1.54) is 6.92 Å². The minimum atomic E-state index is -1.01. The lowest BCUT2D eigenvalue weighted by Crippen LogP contribution is -2.32. The van der Waals surface area contributed by atoms with E-state index in [0.29, 0.717) is 24.5 Å². The van der Waals surface area contributed by atoms with Gasteiger partial charge in [0.25, 0.3) is 0 Å². The zero-order valence-corrected chi connectivity index (χ0v) is 10.3. The number of nitrogens with two attached hydrogens (primary N) is 1. The Morgan fingerprint density at radius 2 is 2.11 bits per heavy atom. The molecule has 0 heterocycles. The first-order valence-electron chi connectivity index (χ1n) is 5.73. The van der Waals surface area contributed by atoms with Crippen molar-refractivity contribution in [2.75, 3.05) is 25.0 Å². The minimum absolute atomic E-state index is 0.0176. The van der Waals surface area contributed by atoms with Crippen LogP contribution in [0.1, 0.15) is 6.92 Å². The van der Waals surface area contributed by atoms with Crippen LogP contribution in [0, 0.1) is 0 Å². The van der Waals surface area contributed by atoms with Crippen LogP contribution >= 0.6 is 0 Å². The highest BCUT2D eigenvalue weighted by atomic mass is 19.1. The van der Waals surface area contributed by atoms with Gasteiger partial charge in [0.1, 0.15) is 18.5 Å². The zero-order chi connectivity index (χ0) is 13.4. The highest BCUT2D eigenvalue weighted by Crippen LogP contribution is 2.15. The average Bonchev–Trinajstić information content (AvgIpc) is 2.35. The number of amides is 2. The van der Waals surface area contributed by atoms with Crippen molar-refractivity contribution in [3.05, 3.63) is 24.3 Å². The van der Waals surface area contributed by atoms with Crippen molar-refractivity contribution in [2.45, 2.75) is 13.1 Å². The zero-order valence-electron chi connectivity index (χ0n) is 10.3. The monoisotopic (exact) mass is 255 g/mol. The molecule has 0 aliphatic heterocycles. The number of hydrogen-bond acceptors (Lipinski definition) is 3. The number of urea groups is 1.